The van der Waals surface area contributed by atoms with Crippen molar-refractivity contribution < 1.29 is 19.4 Å². The van der Waals surface area contributed by atoms with Gasteiger partial charge in [-0.3, -0.25) is 14.5 Å². The first-order valence-electron chi connectivity index (χ1n) is 6.71. The minimum absolute atomic E-state index is 0.149. The summed E-state index contributed by atoms with van der Waals surface area (Å²) in [6.45, 7) is 5.23. The molecule has 1 heterocycles. The molecule has 110 valence electrons. The van der Waals surface area contributed by atoms with Gasteiger partial charge in [0.1, 0.15) is 0 Å². The van der Waals surface area contributed by atoms with Crippen molar-refractivity contribution in [2.45, 2.75) is 38.8 Å². The lowest BCUT2D eigenvalue weighted by Crippen LogP contribution is -2.53. The fourth-order valence-corrected chi connectivity index (χ4v) is 1.88. The van der Waals surface area contributed by atoms with Gasteiger partial charge in [-0.15, -0.1) is 0 Å². The van der Waals surface area contributed by atoms with E-state index in [1.54, 1.807) is 0 Å². The molecule has 2 N–H and O–H groups in total. The zero-order valence-corrected chi connectivity index (χ0v) is 11.9. The Labute approximate surface area is 114 Å². The van der Waals surface area contributed by atoms with Crippen molar-refractivity contribution in [1.29, 1.82) is 0 Å². The molecule has 0 aromatic carbocycles. The number of ether oxygens (including phenoxy) is 1. The maximum atomic E-state index is 11.8. The Morgan fingerprint density at radius 3 is 2.74 bits per heavy atom. The van der Waals surface area contributed by atoms with Crippen LogP contribution in [-0.4, -0.2) is 60.8 Å². The molecule has 2 atom stereocenters. The molecule has 0 saturated carbocycles. The number of nitrogens with zero attached hydrogens (tertiary/aromatic N) is 1. The van der Waals surface area contributed by atoms with Crippen LogP contribution in [0, 0.1) is 5.92 Å². The number of likely N-dealkylation sites (tertiary alicyclic amines) is 1. The van der Waals surface area contributed by atoms with E-state index in [9.17, 15) is 14.7 Å². The van der Waals surface area contributed by atoms with Gasteiger partial charge < -0.3 is 15.2 Å². The zero-order chi connectivity index (χ0) is 14.4. The average molecular weight is 272 g/mol. The molecule has 0 aromatic rings. The molecule has 0 spiro atoms. The van der Waals surface area contributed by atoms with Crippen LogP contribution < -0.4 is 5.32 Å². The number of aliphatic hydroxyl groups excluding tert-OH is 1. The van der Waals surface area contributed by atoms with Gasteiger partial charge in [0.05, 0.1) is 18.8 Å². The van der Waals surface area contributed by atoms with Gasteiger partial charge in [-0.1, -0.05) is 13.8 Å². The van der Waals surface area contributed by atoms with E-state index in [1.165, 1.54) is 7.05 Å². The van der Waals surface area contributed by atoms with Crippen molar-refractivity contribution >= 4 is 11.8 Å². The molecule has 6 nitrogen and oxygen atoms in total. The standard InChI is InChI=1S/C13H24N2O4/c1-9(2)7-19-8-10(16)6-14-11-4-5-12(17)15(3)13(11)18/h9-11,14,16H,4-8H2,1-3H3. The number of hydrogen-bond acceptors (Lipinski definition) is 5. The molecule has 1 aliphatic rings. The average Bonchev–Trinajstić information content (AvgIpc) is 2.35. The number of nitrogens with one attached hydrogen (secondary N) is 1. The van der Waals surface area contributed by atoms with E-state index in [4.69, 9.17) is 4.74 Å². The summed E-state index contributed by atoms with van der Waals surface area (Å²) in [5.74, 6) is 0.0511. The van der Waals surface area contributed by atoms with Crippen molar-refractivity contribution in [2.24, 2.45) is 5.92 Å². The van der Waals surface area contributed by atoms with Crippen LogP contribution in [0.5, 0.6) is 0 Å². The third-order valence-electron chi connectivity index (χ3n) is 3.01. The highest BCUT2D eigenvalue weighted by atomic mass is 16.5. The predicted molar refractivity (Wildman–Crippen MR) is 70.5 cm³/mol. The van der Waals surface area contributed by atoms with Gasteiger partial charge in [0.25, 0.3) is 0 Å². The number of carbonyl (C=O) groups excluding carboxylic acids is 2. The fraction of sp³-hybridized carbons (Fsp3) is 0.846. The number of amides is 2. The molecule has 0 bridgehead atoms. The Balaban J connectivity index is 2.24. The lowest BCUT2D eigenvalue weighted by molar-refractivity contribution is -0.148. The summed E-state index contributed by atoms with van der Waals surface area (Å²) in [6.07, 6.45) is 0.205. The van der Waals surface area contributed by atoms with Gasteiger partial charge in [-0.05, 0) is 12.3 Å². The first-order valence-corrected chi connectivity index (χ1v) is 6.71. The number of piperidine rings is 1. The molecular weight excluding hydrogens is 248 g/mol. The van der Waals surface area contributed by atoms with Crippen molar-refractivity contribution in [3.05, 3.63) is 0 Å². The van der Waals surface area contributed by atoms with Crippen LogP contribution in [0.2, 0.25) is 0 Å². The van der Waals surface area contributed by atoms with Crippen molar-refractivity contribution in [3.8, 4) is 0 Å². The van der Waals surface area contributed by atoms with E-state index >= 15 is 0 Å². The molecule has 0 aromatic heterocycles. The number of aliphatic hydroxyl groups is 1. The first kappa shape index (κ1) is 16.1. The monoisotopic (exact) mass is 272 g/mol. The Kier molecular flexibility index (Phi) is 6.41. The third kappa shape index (κ3) is 5.26. The fourth-order valence-electron chi connectivity index (χ4n) is 1.88. The summed E-state index contributed by atoms with van der Waals surface area (Å²) < 4.78 is 5.32. The van der Waals surface area contributed by atoms with Crippen LogP contribution in [-0.2, 0) is 14.3 Å². The summed E-state index contributed by atoms with van der Waals surface area (Å²) in [5, 5.41) is 12.7. The summed E-state index contributed by atoms with van der Waals surface area (Å²) in [5.41, 5.74) is 0. The van der Waals surface area contributed by atoms with Crippen LogP contribution in [0.3, 0.4) is 0 Å². The first-order chi connectivity index (χ1) is 8.91. The third-order valence-corrected chi connectivity index (χ3v) is 3.01. The maximum Gasteiger partial charge on any atom is 0.246 e. The quantitative estimate of drug-likeness (QED) is 0.625. The van der Waals surface area contributed by atoms with Gasteiger partial charge in [0, 0.05) is 26.6 Å². The van der Waals surface area contributed by atoms with Crippen LogP contribution in [0.25, 0.3) is 0 Å². The predicted octanol–water partition coefficient (Wildman–Crippen LogP) is -0.243. The Bertz CT molecular complexity index is 320. The number of imide groups is 1. The Hall–Kier alpha value is -0.980. The minimum Gasteiger partial charge on any atom is -0.389 e. The number of likely N-dealkylation sites (N-methyl/N-ethyl adjacent to an activating group) is 1. The largest absolute Gasteiger partial charge is 0.389 e. The Morgan fingerprint density at radius 2 is 2.11 bits per heavy atom. The van der Waals surface area contributed by atoms with E-state index in [1.807, 2.05) is 13.8 Å². The normalized spacial score (nSPS) is 22.2. The summed E-state index contributed by atoms with van der Waals surface area (Å²) in [4.78, 5) is 24.2. The molecule has 2 amide bonds. The number of carbonyl (C=O) groups is 2. The van der Waals surface area contributed by atoms with Gasteiger partial charge in [0.2, 0.25) is 11.8 Å². The van der Waals surface area contributed by atoms with Crippen molar-refractivity contribution in [2.75, 3.05) is 26.8 Å². The molecule has 0 aliphatic carbocycles. The van der Waals surface area contributed by atoms with Crippen LogP contribution in [0.15, 0.2) is 0 Å². The smallest absolute Gasteiger partial charge is 0.246 e. The van der Waals surface area contributed by atoms with Gasteiger partial charge in [0.15, 0.2) is 0 Å². The van der Waals surface area contributed by atoms with Gasteiger partial charge in [-0.2, -0.15) is 0 Å². The molecule has 2 unspecified atom stereocenters. The molecule has 6 heteroatoms. The topological polar surface area (TPSA) is 78.9 Å². The highest BCUT2D eigenvalue weighted by Crippen LogP contribution is 2.11. The second-order valence-corrected chi connectivity index (χ2v) is 5.38. The highest BCUT2D eigenvalue weighted by molar-refractivity contribution is 6.00. The highest BCUT2D eigenvalue weighted by Gasteiger charge is 2.31. The van der Waals surface area contributed by atoms with E-state index in [0.29, 0.717) is 25.4 Å². The summed E-state index contributed by atoms with van der Waals surface area (Å²) in [7, 11) is 1.49. The number of rotatable bonds is 7. The number of hydrogen-bond donors (Lipinski definition) is 2. The van der Waals surface area contributed by atoms with Crippen molar-refractivity contribution in [3.63, 3.8) is 0 Å². The van der Waals surface area contributed by atoms with Crippen LogP contribution in [0.1, 0.15) is 26.7 Å². The molecule has 1 fully saturated rings. The lowest BCUT2D eigenvalue weighted by atomic mass is 10.0. The van der Waals surface area contributed by atoms with E-state index in [2.05, 4.69) is 5.32 Å². The van der Waals surface area contributed by atoms with Crippen LogP contribution >= 0.6 is 0 Å². The summed E-state index contributed by atoms with van der Waals surface area (Å²) >= 11 is 0. The molecule has 19 heavy (non-hydrogen) atoms. The maximum absolute atomic E-state index is 11.8. The second kappa shape index (κ2) is 7.57. The minimum atomic E-state index is -0.644. The molecule has 1 rings (SSSR count). The second-order valence-electron chi connectivity index (χ2n) is 5.38. The Morgan fingerprint density at radius 1 is 1.42 bits per heavy atom. The molecular formula is C13H24N2O4. The zero-order valence-electron chi connectivity index (χ0n) is 11.9. The van der Waals surface area contributed by atoms with Gasteiger partial charge >= 0.3 is 0 Å². The van der Waals surface area contributed by atoms with Crippen molar-refractivity contribution in [1.82, 2.24) is 10.2 Å². The van der Waals surface area contributed by atoms with E-state index in [0.717, 1.165) is 4.90 Å². The molecule has 1 saturated heterocycles. The summed E-state index contributed by atoms with van der Waals surface area (Å²) in [6, 6.07) is -0.387. The molecule has 1 aliphatic heterocycles. The van der Waals surface area contributed by atoms with Crippen LogP contribution in [0.4, 0.5) is 0 Å². The van der Waals surface area contributed by atoms with E-state index in [-0.39, 0.29) is 31.0 Å². The SMILES string of the molecule is CC(C)COCC(O)CNC1CCC(=O)N(C)C1=O. The lowest BCUT2D eigenvalue weighted by Gasteiger charge is -2.28. The van der Waals surface area contributed by atoms with Gasteiger partial charge in [-0.25, -0.2) is 0 Å². The molecule has 0 radical (unpaired) electrons. The van der Waals surface area contributed by atoms with E-state index < -0.39 is 6.10 Å².